The average Bonchev–Trinajstić information content (AvgIpc) is 3.67. The summed E-state index contributed by atoms with van der Waals surface area (Å²) < 4.78 is 134. The first-order valence-electron chi connectivity index (χ1n) is 27.5. The van der Waals surface area contributed by atoms with Crippen LogP contribution in [0.3, 0.4) is 0 Å². The fraction of sp³-hybridized carbons (Fsp3) is 0.0597. The molecule has 0 aliphatic rings. The number of pyridine rings is 3. The van der Waals surface area contributed by atoms with Gasteiger partial charge in [-0.3, -0.25) is 17.6 Å². The summed E-state index contributed by atoms with van der Waals surface area (Å²) in [6.45, 7) is 0. The Morgan fingerprint density at radius 1 is 0.360 bits per heavy atom. The minimum absolute atomic E-state index is 0. The number of halogens is 4. The van der Waals surface area contributed by atoms with Gasteiger partial charge in [0, 0.05) is 58.4 Å². The molecule has 8 aromatic carbocycles. The zero-order chi connectivity index (χ0) is 57.6. The van der Waals surface area contributed by atoms with Crippen LogP contribution in [0.2, 0.25) is 0 Å². The van der Waals surface area contributed by atoms with E-state index in [0.717, 1.165) is 69.5 Å². The summed E-state index contributed by atoms with van der Waals surface area (Å²) >= 11 is 0. The number of hydrogen-bond acceptors (Lipinski definition) is 3. The number of rotatable bonds is 14. The largest absolute Gasteiger partial charge is 3.00 e. The Morgan fingerprint density at radius 3 is 1.35 bits per heavy atom. The monoisotopic (exact) mass is 1170 g/mol. The summed E-state index contributed by atoms with van der Waals surface area (Å²) in [6.07, 6.45) is -8.17. The van der Waals surface area contributed by atoms with Gasteiger partial charge in [0.25, 0.3) is 0 Å². The minimum Gasteiger partial charge on any atom is -0.304 e. The van der Waals surface area contributed by atoms with E-state index in [1.807, 2.05) is 78.9 Å². The standard InChI is InChI=1S/C67H44F4N3.Ir/c68-55-29-31-59(63(70)38-55)65-33-19-44(41-72-65)15-17-46-35-47(18-16-45-20-34-66(73-42-45)60-32-30-56(69)39-64(60)71)37-54(36-46)57-13-7-8-14-58(57)62-43-74-67(53-11-5-2-6-12-53)40-61(62)52-27-25-51(26-28-52)50-23-21-49(22-24-50)48-9-3-1-4-10-48;/h1-11,13-14,19-30,33-43H,15-18H2;/q-3;+3/i15D2,16D2,17D2,18D2;. The van der Waals surface area contributed by atoms with Crippen molar-refractivity contribution in [1.29, 1.82) is 0 Å². The van der Waals surface area contributed by atoms with Crippen LogP contribution in [0.25, 0.3) is 89.4 Å². The van der Waals surface area contributed by atoms with E-state index < -0.39 is 48.8 Å². The predicted octanol–water partition coefficient (Wildman–Crippen LogP) is 16.7. The van der Waals surface area contributed by atoms with Crippen LogP contribution < -0.4 is 0 Å². The van der Waals surface area contributed by atoms with Gasteiger partial charge in [-0.25, -0.2) is 0 Å². The maximum Gasteiger partial charge on any atom is 3.00 e. The second-order valence-electron chi connectivity index (χ2n) is 17.2. The van der Waals surface area contributed by atoms with E-state index in [9.17, 15) is 28.5 Å². The smallest absolute Gasteiger partial charge is 0.304 e. The molecular weight excluding hydrogens is 1110 g/mol. The second kappa shape index (κ2) is 22.8. The number of aromatic nitrogens is 3. The summed E-state index contributed by atoms with van der Waals surface area (Å²) in [4.78, 5) is 13.3. The first kappa shape index (κ1) is 41.0. The fourth-order valence-electron chi connectivity index (χ4n) is 8.64. The molecule has 0 aliphatic carbocycles. The molecule has 0 amide bonds. The van der Waals surface area contributed by atoms with E-state index in [2.05, 4.69) is 64.6 Å². The molecule has 3 nitrogen and oxygen atoms in total. The summed E-state index contributed by atoms with van der Waals surface area (Å²) in [7, 11) is 0. The van der Waals surface area contributed by atoms with E-state index in [4.69, 9.17) is 4.98 Å². The van der Waals surface area contributed by atoms with Crippen molar-refractivity contribution >= 4 is 0 Å². The van der Waals surface area contributed by atoms with Crippen LogP contribution in [0.15, 0.2) is 219 Å². The van der Waals surface area contributed by atoms with Crippen LogP contribution in [0.1, 0.15) is 33.2 Å². The van der Waals surface area contributed by atoms with Crippen LogP contribution in [-0.2, 0) is 45.6 Å². The number of nitrogens with zero attached hydrogens (tertiary/aromatic N) is 3. The number of aryl methyl sites for hydroxylation is 4. The van der Waals surface area contributed by atoms with Crippen molar-refractivity contribution in [3.8, 4) is 89.4 Å². The normalized spacial score (nSPS) is 13.4. The molecule has 0 atom stereocenters. The van der Waals surface area contributed by atoms with Gasteiger partial charge in [-0.2, -0.15) is 0 Å². The van der Waals surface area contributed by atoms with Gasteiger partial charge >= 0.3 is 20.1 Å². The van der Waals surface area contributed by atoms with Crippen molar-refractivity contribution in [2.45, 2.75) is 25.5 Å². The SMILES string of the molecule is [2H]C([2H])(c1ccc(-c2[c-]cc(F)cc2F)nc1)C([2H])([2H])c1cc(-c2ccccc2-c2cnc(-c3[c-]cccc3)cc2-c2ccc(-c3ccc(-c4ccccc4)cc3)cc2)cc(C([2H])([2H])C([2H])([2H])c2ccc(-c3[c-]cc(F)cc3F)nc2)c1.[Ir+3]. The van der Waals surface area contributed by atoms with Crippen LogP contribution in [0.5, 0.6) is 0 Å². The van der Waals surface area contributed by atoms with Crippen molar-refractivity contribution in [3.05, 3.63) is 283 Å². The van der Waals surface area contributed by atoms with E-state index in [1.165, 1.54) is 36.4 Å². The third kappa shape index (κ3) is 11.5. The molecular formula is C67H44F4IrN3. The molecule has 8 heteroatoms. The van der Waals surface area contributed by atoms with Gasteiger partial charge in [0.1, 0.15) is 0 Å². The number of hydrogen-bond donors (Lipinski definition) is 0. The van der Waals surface area contributed by atoms with Crippen LogP contribution in [0.4, 0.5) is 17.6 Å². The minimum atomic E-state index is -3.03. The van der Waals surface area contributed by atoms with E-state index in [-0.39, 0.29) is 70.4 Å². The van der Waals surface area contributed by atoms with Crippen LogP contribution in [0, 0.1) is 41.5 Å². The Morgan fingerprint density at radius 2 is 0.840 bits per heavy atom. The van der Waals surface area contributed by atoms with Crippen molar-refractivity contribution in [1.82, 2.24) is 15.0 Å². The molecule has 0 spiro atoms. The molecule has 0 saturated heterocycles. The summed E-state index contributed by atoms with van der Waals surface area (Å²) in [5.74, 6) is -3.64. The van der Waals surface area contributed by atoms with Crippen LogP contribution in [-0.4, -0.2) is 15.0 Å². The van der Waals surface area contributed by atoms with E-state index in [1.54, 1.807) is 24.4 Å². The Labute approximate surface area is 459 Å². The molecule has 0 aliphatic heterocycles. The molecule has 11 rings (SSSR count). The van der Waals surface area contributed by atoms with Gasteiger partial charge in [-0.05, 0) is 115 Å². The molecule has 0 unspecified atom stereocenters. The van der Waals surface area contributed by atoms with E-state index in [0.29, 0.717) is 34.5 Å². The van der Waals surface area contributed by atoms with Crippen molar-refractivity contribution in [2.75, 3.05) is 0 Å². The van der Waals surface area contributed by atoms with Gasteiger partial charge in [0.05, 0.1) is 0 Å². The third-order valence-corrected chi connectivity index (χ3v) is 12.3. The summed E-state index contributed by atoms with van der Waals surface area (Å²) in [5, 5.41) is 0. The van der Waals surface area contributed by atoms with Gasteiger partial charge < -0.3 is 15.0 Å². The molecule has 0 radical (unpaired) electrons. The zero-order valence-corrected chi connectivity index (χ0v) is 41.9. The molecule has 0 bridgehead atoms. The molecule has 3 heterocycles. The molecule has 0 N–H and O–H groups in total. The predicted molar refractivity (Wildman–Crippen MR) is 287 cm³/mol. The molecule has 3 aromatic heterocycles. The third-order valence-electron chi connectivity index (χ3n) is 12.3. The fourth-order valence-corrected chi connectivity index (χ4v) is 8.64. The average molecular weight is 1170 g/mol. The topological polar surface area (TPSA) is 38.7 Å². The molecule has 75 heavy (non-hydrogen) atoms. The first-order valence-corrected chi connectivity index (χ1v) is 23.5. The van der Waals surface area contributed by atoms with Gasteiger partial charge in [0.2, 0.25) is 0 Å². The van der Waals surface area contributed by atoms with Gasteiger partial charge in [0.15, 0.2) is 0 Å². The Balaban J connectivity index is 0.00000769. The Kier molecular flexibility index (Phi) is 12.4. The Bertz CT molecular complexity index is 4000. The maximum absolute atomic E-state index is 14.8. The molecule has 11 aromatic rings. The summed E-state index contributed by atoms with van der Waals surface area (Å²) in [5.41, 5.74) is 7.18. The van der Waals surface area contributed by atoms with Crippen molar-refractivity contribution < 1.29 is 48.6 Å². The quantitative estimate of drug-likeness (QED) is 0.0804. The molecule has 0 fully saturated rings. The second-order valence-corrected chi connectivity index (χ2v) is 17.2. The van der Waals surface area contributed by atoms with Gasteiger partial charge in [-0.1, -0.05) is 175 Å². The first-order chi connectivity index (χ1) is 39.3. The molecule has 364 valence electrons. The maximum atomic E-state index is 14.8. The Hall–Kier alpha value is -8.42. The van der Waals surface area contributed by atoms with Crippen molar-refractivity contribution in [2.24, 2.45) is 0 Å². The van der Waals surface area contributed by atoms with Gasteiger partial charge in [-0.15, -0.1) is 60.2 Å². The molecule has 0 saturated carbocycles. The summed E-state index contributed by atoms with van der Waals surface area (Å²) in [6, 6.07) is 63.3. The number of benzene rings is 8. The van der Waals surface area contributed by atoms with Crippen LogP contribution >= 0.6 is 0 Å². The zero-order valence-electron chi connectivity index (χ0n) is 47.5. The van der Waals surface area contributed by atoms with E-state index >= 15 is 0 Å². The van der Waals surface area contributed by atoms with Crippen molar-refractivity contribution in [3.63, 3.8) is 0 Å².